The Hall–Kier alpha value is -6.25. The molecule has 0 aliphatic heterocycles. The number of aromatic nitrogens is 2. The third-order valence-electron chi connectivity index (χ3n) is 9.18. The molecule has 0 radical (unpaired) electrons. The molecule has 0 amide bonds. The van der Waals surface area contributed by atoms with E-state index in [0.717, 1.165) is 28.1 Å². The molecule has 8 aromatic carbocycles. The third-order valence-corrected chi connectivity index (χ3v) is 9.18. The van der Waals surface area contributed by atoms with Crippen LogP contribution in [0.3, 0.4) is 0 Å². The van der Waals surface area contributed by atoms with Gasteiger partial charge in [0.1, 0.15) is 5.82 Å². The summed E-state index contributed by atoms with van der Waals surface area (Å²) in [5.41, 5.74) is 11.6. The van der Waals surface area contributed by atoms with Crippen LogP contribution in [0.5, 0.6) is 0 Å². The molecule has 1 aromatic heterocycles. The van der Waals surface area contributed by atoms with Crippen molar-refractivity contribution in [3.63, 3.8) is 0 Å². The average Bonchev–Trinajstić information content (AvgIpc) is 3.54. The molecule has 9 rings (SSSR count). The van der Waals surface area contributed by atoms with Gasteiger partial charge in [0.05, 0.1) is 11.0 Å². The van der Waals surface area contributed by atoms with Gasteiger partial charge in [-0.3, -0.25) is 4.57 Å². The van der Waals surface area contributed by atoms with Crippen molar-refractivity contribution in [1.29, 1.82) is 0 Å². The molecule has 0 atom stereocenters. The Morgan fingerprint density at radius 3 is 1.74 bits per heavy atom. The molecule has 0 N–H and O–H groups in total. The Labute approximate surface area is 273 Å². The molecule has 220 valence electrons. The van der Waals surface area contributed by atoms with Crippen molar-refractivity contribution in [2.45, 2.75) is 0 Å². The lowest BCUT2D eigenvalue weighted by Crippen LogP contribution is -1.97. The monoisotopic (exact) mass is 598 g/mol. The molecule has 0 spiro atoms. The number of fused-ring (bicyclic) bond motifs is 3. The standard InChI is InChI=1S/C45H30N2/c1-4-14-32(15-5-1)39-29-36(30-41-40(39)28-35-20-10-11-21-38(35)44(41)33-16-6-2-7-17-33)31-24-26-37(27-25-31)47-43-23-13-12-22-42(43)46-45(47)34-18-8-3-9-19-34/h1-30H. The van der Waals surface area contributed by atoms with Crippen LogP contribution in [0, 0.1) is 0 Å². The van der Waals surface area contributed by atoms with Gasteiger partial charge in [-0.25, -0.2) is 4.98 Å². The molecule has 0 aliphatic rings. The fourth-order valence-corrected chi connectivity index (χ4v) is 6.98. The van der Waals surface area contributed by atoms with E-state index >= 15 is 0 Å². The summed E-state index contributed by atoms with van der Waals surface area (Å²) in [6.07, 6.45) is 0. The van der Waals surface area contributed by atoms with E-state index in [2.05, 4.69) is 180 Å². The van der Waals surface area contributed by atoms with Crippen LogP contribution in [0.1, 0.15) is 0 Å². The fraction of sp³-hybridized carbons (Fsp3) is 0. The summed E-state index contributed by atoms with van der Waals surface area (Å²) in [5, 5.41) is 5.02. The van der Waals surface area contributed by atoms with E-state index < -0.39 is 0 Å². The summed E-state index contributed by atoms with van der Waals surface area (Å²) in [7, 11) is 0. The van der Waals surface area contributed by atoms with Crippen LogP contribution in [-0.4, -0.2) is 9.55 Å². The molecule has 0 bridgehead atoms. The summed E-state index contributed by atoms with van der Waals surface area (Å²) in [5.74, 6) is 0.941. The molecule has 0 aliphatic carbocycles. The number of benzene rings is 8. The van der Waals surface area contributed by atoms with Crippen molar-refractivity contribution >= 4 is 32.6 Å². The summed E-state index contributed by atoms with van der Waals surface area (Å²) in [4.78, 5) is 5.05. The quantitative estimate of drug-likeness (QED) is 0.180. The van der Waals surface area contributed by atoms with Gasteiger partial charge in [0.15, 0.2) is 0 Å². The SMILES string of the molecule is c1ccc(-c2cc(-c3ccc(-n4c(-c5ccccc5)nc5ccccc54)cc3)cc3c(-c4ccccc4)c4ccccc4cc23)cc1. The first-order valence-corrected chi connectivity index (χ1v) is 16.1. The lowest BCUT2D eigenvalue weighted by atomic mass is 9.86. The molecular formula is C45H30N2. The zero-order valence-corrected chi connectivity index (χ0v) is 25.7. The van der Waals surface area contributed by atoms with Crippen LogP contribution in [-0.2, 0) is 0 Å². The van der Waals surface area contributed by atoms with Crippen LogP contribution < -0.4 is 0 Å². The van der Waals surface area contributed by atoms with Crippen molar-refractivity contribution in [1.82, 2.24) is 9.55 Å². The summed E-state index contributed by atoms with van der Waals surface area (Å²) < 4.78 is 2.27. The van der Waals surface area contributed by atoms with Gasteiger partial charge in [0.2, 0.25) is 0 Å². The lowest BCUT2D eigenvalue weighted by Gasteiger charge is -2.18. The molecule has 0 fully saturated rings. The number of hydrogen-bond acceptors (Lipinski definition) is 1. The number of rotatable bonds is 5. The zero-order chi connectivity index (χ0) is 31.2. The van der Waals surface area contributed by atoms with E-state index in [0.29, 0.717) is 0 Å². The zero-order valence-electron chi connectivity index (χ0n) is 25.7. The molecule has 0 saturated heterocycles. The van der Waals surface area contributed by atoms with Gasteiger partial charge in [-0.15, -0.1) is 0 Å². The maximum absolute atomic E-state index is 5.05. The Bertz CT molecular complexity index is 2530. The molecule has 0 unspecified atom stereocenters. The van der Waals surface area contributed by atoms with Crippen molar-refractivity contribution in [3.8, 4) is 50.5 Å². The van der Waals surface area contributed by atoms with Crippen LogP contribution in [0.2, 0.25) is 0 Å². The fourth-order valence-electron chi connectivity index (χ4n) is 6.98. The Balaban J connectivity index is 1.27. The highest BCUT2D eigenvalue weighted by molar-refractivity contribution is 6.17. The number of imidazole rings is 1. The van der Waals surface area contributed by atoms with Gasteiger partial charge in [-0.05, 0) is 97.4 Å². The second-order valence-electron chi connectivity index (χ2n) is 12.0. The predicted octanol–water partition coefficient (Wildman–Crippen LogP) is 12.0. The maximum Gasteiger partial charge on any atom is 0.145 e. The largest absolute Gasteiger partial charge is 0.292 e. The smallest absolute Gasteiger partial charge is 0.145 e. The molecule has 0 saturated carbocycles. The summed E-state index contributed by atoms with van der Waals surface area (Å²) in [6.45, 7) is 0. The molecule has 1 heterocycles. The van der Waals surface area contributed by atoms with E-state index in [1.807, 2.05) is 6.07 Å². The topological polar surface area (TPSA) is 17.8 Å². The van der Waals surface area contributed by atoms with E-state index in [1.165, 1.54) is 54.9 Å². The van der Waals surface area contributed by atoms with E-state index in [9.17, 15) is 0 Å². The molecule has 2 heteroatoms. The first kappa shape index (κ1) is 27.1. The Morgan fingerprint density at radius 1 is 0.383 bits per heavy atom. The maximum atomic E-state index is 5.05. The molecular weight excluding hydrogens is 569 g/mol. The summed E-state index contributed by atoms with van der Waals surface area (Å²) in [6, 6.07) is 65.2. The highest BCUT2D eigenvalue weighted by Crippen LogP contribution is 2.43. The van der Waals surface area contributed by atoms with Crippen LogP contribution in [0.25, 0.3) is 83.0 Å². The van der Waals surface area contributed by atoms with Crippen molar-refractivity contribution in [2.24, 2.45) is 0 Å². The highest BCUT2D eigenvalue weighted by atomic mass is 15.1. The number of nitrogens with zero attached hydrogens (tertiary/aromatic N) is 2. The van der Waals surface area contributed by atoms with Crippen LogP contribution in [0.4, 0.5) is 0 Å². The minimum absolute atomic E-state index is 0.941. The van der Waals surface area contributed by atoms with E-state index in [4.69, 9.17) is 4.98 Å². The molecule has 47 heavy (non-hydrogen) atoms. The van der Waals surface area contributed by atoms with Gasteiger partial charge in [0, 0.05) is 11.3 Å². The van der Waals surface area contributed by atoms with Crippen LogP contribution >= 0.6 is 0 Å². The normalized spacial score (nSPS) is 11.4. The second-order valence-corrected chi connectivity index (χ2v) is 12.0. The lowest BCUT2D eigenvalue weighted by molar-refractivity contribution is 1.10. The van der Waals surface area contributed by atoms with E-state index in [-0.39, 0.29) is 0 Å². The minimum Gasteiger partial charge on any atom is -0.292 e. The van der Waals surface area contributed by atoms with Gasteiger partial charge in [0.25, 0.3) is 0 Å². The first-order chi connectivity index (χ1) is 23.3. The van der Waals surface area contributed by atoms with E-state index in [1.54, 1.807) is 0 Å². The van der Waals surface area contributed by atoms with Gasteiger partial charge >= 0.3 is 0 Å². The van der Waals surface area contributed by atoms with Crippen molar-refractivity contribution in [2.75, 3.05) is 0 Å². The van der Waals surface area contributed by atoms with Crippen molar-refractivity contribution < 1.29 is 0 Å². The Kier molecular flexibility index (Phi) is 6.50. The third kappa shape index (κ3) is 4.70. The predicted molar refractivity (Wildman–Crippen MR) is 198 cm³/mol. The van der Waals surface area contributed by atoms with Gasteiger partial charge < -0.3 is 0 Å². The first-order valence-electron chi connectivity index (χ1n) is 16.1. The number of para-hydroxylation sites is 2. The van der Waals surface area contributed by atoms with Crippen molar-refractivity contribution in [3.05, 3.63) is 182 Å². The molecule has 9 aromatic rings. The highest BCUT2D eigenvalue weighted by Gasteiger charge is 2.17. The van der Waals surface area contributed by atoms with Crippen LogP contribution in [0.15, 0.2) is 182 Å². The number of hydrogen-bond donors (Lipinski definition) is 0. The molecule has 2 nitrogen and oxygen atoms in total. The van der Waals surface area contributed by atoms with Gasteiger partial charge in [-0.1, -0.05) is 140 Å². The average molecular weight is 599 g/mol. The summed E-state index contributed by atoms with van der Waals surface area (Å²) >= 11 is 0. The second kappa shape index (κ2) is 11.3. The van der Waals surface area contributed by atoms with Gasteiger partial charge in [-0.2, -0.15) is 0 Å². The minimum atomic E-state index is 0.941. The Morgan fingerprint density at radius 2 is 1.00 bits per heavy atom.